The Morgan fingerprint density at radius 3 is 2.56 bits per heavy atom. The summed E-state index contributed by atoms with van der Waals surface area (Å²) in [5.74, 6) is 0.734. The van der Waals surface area contributed by atoms with E-state index in [2.05, 4.69) is 20.3 Å². The number of nitrogens with zero attached hydrogens (tertiary/aromatic N) is 3. The number of para-hydroxylation sites is 3. The van der Waals surface area contributed by atoms with Crippen LogP contribution in [0.2, 0.25) is 0 Å². The number of halogens is 2. The summed E-state index contributed by atoms with van der Waals surface area (Å²) in [7, 11) is 1.59. The van der Waals surface area contributed by atoms with Crippen LogP contribution < -0.4 is 14.8 Å². The van der Waals surface area contributed by atoms with Crippen LogP contribution in [0.1, 0.15) is 0 Å². The Bertz CT molecular complexity index is 1270. The van der Waals surface area contributed by atoms with Gasteiger partial charge in [0.2, 0.25) is 5.91 Å². The summed E-state index contributed by atoms with van der Waals surface area (Å²) in [6.45, 7) is -2.99. The summed E-state index contributed by atoms with van der Waals surface area (Å²) in [5, 5.41) is 11.7. The monoisotopic (exact) mass is 482 g/mol. The minimum atomic E-state index is -2.99. The Balaban J connectivity index is 1.57. The summed E-state index contributed by atoms with van der Waals surface area (Å²) in [4.78, 5) is 12.6. The molecule has 34 heavy (non-hydrogen) atoms. The molecule has 7 nitrogen and oxygen atoms in total. The molecule has 0 unspecified atom stereocenters. The van der Waals surface area contributed by atoms with Crippen LogP contribution in [-0.2, 0) is 4.79 Å². The van der Waals surface area contributed by atoms with Gasteiger partial charge in [0.05, 0.1) is 18.6 Å². The third kappa shape index (κ3) is 5.52. The normalized spacial score (nSPS) is 10.8. The summed E-state index contributed by atoms with van der Waals surface area (Å²) in [6, 6.07) is 23.0. The second-order valence-corrected chi connectivity index (χ2v) is 7.86. The zero-order chi connectivity index (χ0) is 23.9. The fraction of sp³-hybridized carbons (Fsp3) is 0.125. The third-order valence-electron chi connectivity index (χ3n) is 4.69. The highest BCUT2D eigenvalue weighted by atomic mass is 32.2. The predicted octanol–water partition coefficient (Wildman–Crippen LogP) is 5.28. The van der Waals surface area contributed by atoms with Crippen LogP contribution in [0.4, 0.5) is 14.5 Å². The number of alkyl halides is 2. The van der Waals surface area contributed by atoms with E-state index in [1.165, 1.54) is 23.9 Å². The molecular formula is C24H20F2N4O3S. The van der Waals surface area contributed by atoms with E-state index < -0.39 is 12.5 Å². The highest BCUT2D eigenvalue weighted by Gasteiger charge is 2.18. The van der Waals surface area contributed by atoms with E-state index in [9.17, 15) is 13.6 Å². The highest BCUT2D eigenvalue weighted by molar-refractivity contribution is 7.99. The number of hydrogen-bond donors (Lipinski definition) is 1. The molecule has 1 amide bonds. The lowest BCUT2D eigenvalue weighted by Gasteiger charge is -2.12. The maximum Gasteiger partial charge on any atom is 0.387 e. The number of hydrogen-bond acceptors (Lipinski definition) is 6. The summed E-state index contributed by atoms with van der Waals surface area (Å²) >= 11 is 1.17. The highest BCUT2D eigenvalue weighted by Crippen LogP contribution is 2.30. The van der Waals surface area contributed by atoms with Crippen LogP contribution in [0.5, 0.6) is 11.5 Å². The van der Waals surface area contributed by atoms with Gasteiger partial charge in [-0.05, 0) is 36.4 Å². The molecule has 0 saturated carbocycles. The molecule has 0 bridgehead atoms. The topological polar surface area (TPSA) is 78.3 Å². The number of carbonyl (C=O) groups is 1. The number of aromatic nitrogens is 3. The molecule has 174 valence electrons. The van der Waals surface area contributed by atoms with E-state index >= 15 is 0 Å². The molecule has 4 aromatic rings. The van der Waals surface area contributed by atoms with Crippen LogP contribution in [-0.4, -0.2) is 40.1 Å². The van der Waals surface area contributed by atoms with Crippen LogP contribution in [0.25, 0.3) is 17.1 Å². The molecule has 0 atom stereocenters. The van der Waals surface area contributed by atoms with Gasteiger partial charge in [0.1, 0.15) is 11.5 Å². The third-order valence-corrected chi connectivity index (χ3v) is 5.61. The minimum absolute atomic E-state index is 0.0217. The van der Waals surface area contributed by atoms with Gasteiger partial charge in [0.25, 0.3) is 0 Å². The van der Waals surface area contributed by atoms with Crippen molar-refractivity contribution in [1.29, 1.82) is 0 Å². The quantitative estimate of drug-likeness (QED) is 0.327. The van der Waals surface area contributed by atoms with E-state index in [1.54, 1.807) is 19.2 Å². The maximum absolute atomic E-state index is 12.6. The van der Waals surface area contributed by atoms with Crippen molar-refractivity contribution in [2.24, 2.45) is 0 Å². The Kier molecular flexibility index (Phi) is 7.38. The lowest BCUT2D eigenvalue weighted by Crippen LogP contribution is -2.16. The number of methoxy groups -OCH3 is 1. The number of thioether (sulfide) groups is 1. The smallest absolute Gasteiger partial charge is 0.387 e. The summed E-state index contributed by atoms with van der Waals surface area (Å²) in [6.07, 6.45) is 0. The van der Waals surface area contributed by atoms with Crippen molar-refractivity contribution >= 4 is 23.4 Å². The Morgan fingerprint density at radius 1 is 1.03 bits per heavy atom. The van der Waals surface area contributed by atoms with Gasteiger partial charge < -0.3 is 14.8 Å². The molecule has 0 aliphatic carbocycles. The molecule has 0 spiro atoms. The maximum atomic E-state index is 12.6. The molecule has 1 heterocycles. The number of ether oxygens (including phenoxy) is 2. The van der Waals surface area contributed by atoms with Gasteiger partial charge in [0, 0.05) is 11.3 Å². The van der Waals surface area contributed by atoms with Gasteiger partial charge in [-0.25, -0.2) is 0 Å². The molecule has 10 heteroatoms. The van der Waals surface area contributed by atoms with Gasteiger partial charge in [0.15, 0.2) is 11.0 Å². The van der Waals surface area contributed by atoms with Crippen molar-refractivity contribution in [2.45, 2.75) is 11.8 Å². The zero-order valence-corrected chi connectivity index (χ0v) is 18.8. The molecule has 0 aliphatic rings. The van der Waals surface area contributed by atoms with Gasteiger partial charge in [-0.1, -0.05) is 54.2 Å². The number of rotatable bonds is 9. The van der Waals surface area contributed by atoms with Crippen LogP contribution in [0, 0.1) is 0 Å². The Labute approximate surface area is 198 Å². The largest absolute Gasteiger partial charge is 0.497 e. The average molecular weight is 483 g/mol. The van der Waals surface area contributed by atoms with Crippen LogP contribution >= 0.6 is 11.8 Å². The van der Waals surface area contributed by atoms with E-state index in [0.29, 0.717) is 16.7 Å². The second kappa shape index (κ2) is 10.8. The van der Waals surface area contributed by atoms with Crippen molar-refractivity contribution in [1.82, 2.24) is 14.8 Å². The van der Waals surface area contributed by atoms with Gasteiger partial charge in [-0.3, -0.25) is 9.36 Å². The second-order valence-electron chi connectivity index (χ2n) is 6.92. The molecular weight excluding hydrogens is 462 g/mol. The molecule has 4 rings (SSSR count). The first-order valence-electron chi connectivity index (χ1n) is 10.2. The summed E-state index contributed by atoms with van der Waals surface area (Å²) < 4.78 is 36.9. The SMILES string of the molecule is COc1cccc(-c2nnc(SCC(=O)Nc3ccccc3OC(F)F)n2-c2ccccc2)c1. The fourth-order valence-electron chi connectivity index (χ4n) is 3.21. The van der Waals surface area contributed by atoms with Gasteiger partial charge in [-0.2, -0.15) is 8.78 Å². The molecule has 0 saturated heterocycles. The lowest BCUT2D eigenvalue weighted by atomic mass is 10.2. The molecule has 1 N–H and O–H groups in total. The van der Waals surface area contributed by atoms with Crippen molar-refractivity contribution in [3.63, 3.8) is 0 Å². The van der Waals surface area contributed by atoms with Crippen molar-refractivity contribution in [3.8, 4) is 28.6 Å². The zero-order valence-electron chi connectivity index (χ0n) is 18.0. The minimum Gasteiger partial charge on any atom is -0.497 e. The van der Waals surface area contributed by atoms with Crippen LogP contribution in [0.3, 0.4) is 0 Å². The van der Waals surface area contributed by atoms with Crippen molar-refractivity contribution < 1.29 is 23.0 Å². The fourth-order valence-corrected chi connectivity index (χ4v) is 3.96. The lowest BCUT2D eigenvalue weighted by molar-refractivity contribution is -0.113. The van der Waals surface area contributed by atoms with Gasteiger partial charge in [-0.15, -0.1) is 10.2 Å². The average Bonchev–Trinajstić information content (AvgIpc) is 3.28. The van der Waals surface area contributed by atoms with Crippen molar-refractivity contribution in [2.75, 3.05) is 18.2 Å². The van der Waals surface area contributed by atoms with E-state index in [-0.39, 0.29) is 17.2 Å². The molecule has 0 radical (unpaired) electrons. The molecule has 0 fully saturated rings. The number of anilines is 1. The standard InChI is InChI=1S/C24H20F2N4O3S/c1-32-18-11-7-8-16(14-18)22-28-29-24(30(22)17-9-3-2-4-10-17)34-15-21(31)27-19-12-5-6-13-20(19)33-23(25)26/h2-14,23H,15H2,1H3,(H,27,31). The number of nitrogens with one attached hydrogen (secondary N) is 1. The van der Waals surface area contributed by atoms with Gasteiger partial charge >= 0.3 is 6.61 Å². The number of carbonyl (C=O) groups excluding carboxylic acids is 1. The van der Waals surface area contributed by atoms with E-state index in [0.717, 1.165) is 11.3 Å². The first-order valence-corrected chi connectivity index (χ1v) is 11.2. The number of amides is 1. The van der Waals surface area contributed by atoms with Crippen molar-refractivity contribution in [3.05, 3.63) is 78.9 Å². The summed E-state index contributed by atoms with van der Waals surface area (Å²) in [5.41, 5.74) is 1.78. The Morgan fingerprint density at radius 2 is 1.79 bits per heavy atom. The van der Waals surface area contributed by atoms with E-state index in [4.69, 9.17) is 4.74 Å². The first-order chi connectivity index (χ1) is 16.5. The first kappa shape index (κ1) is 23.2. The molecule has 1 aromatic heterocycles. The molecule has 0 aliphatic heterocycles. The number of benzene rings is 3. The van der Waals surface area contributed by atoms with E-state index in [1.807, 2.05) is 59.2 Å². The Hall–Kier alpha value is -3.92. The molecule has 3 aromatic carbocycles. The predicted molar refractivity (Wildman–Crippen MR) is 126 cm³/mol. The van der Waals surface area contributed by atoms with Crippen LogP contribution in [0.15, 0.2) is 84.0 Å².